The fourth-order valence-corrected chi connectivity index (χ4v) is 3.69. The van der Waals surface area contributed by atoms with Crippen molar-refractivity contribution in [3.63, 3.8) is 0 Å². The lowest BCUT2D eigenvalue weighted by molar-refractivity contribution is 0.423. The minimum Gasteiger partial charge on any atom is -0.320 e. The van der Waals surface area contributed by atoms with E-state index >= 15 is 0 Å². The Hall–Kier alpha value is -1.01. The van der Waals surface area contributed by atoms with Crippen molar-refractivity contribution < 1.29 is 0 Å². The molecule has 19 heavy (non-hydrogen) atoms. The van der Waals surface area contributed by atoms with Crippen molar-refractivity contribution in [2.75, 3.05) is 13.6 Å². The van der Waals surface area contributed by atoms with E-state index in [4.69, 9.17) is 5.10 Å². The molecule has 1 aliphatic carbocycles. The van der Waals surface area contributed by atoms with Gasteiger partial charge in [0, 0.05) is 12.3 Å². The molecule has 0 unspecified atom stereocenters. The molecule has 5 nitrogen and oxygen atoms in total. The predicted octanol–water partition coefficient (Wildman–Crippen LogP) is 2.39. The largest absolute Gasteiger partial charge is 0.320 e. The van der Waals surface area contributed by atoms with Crippen LogP contribution in [0.25, 0.3) is 4.96 Å². The van der Waals surface area contributed by atoms with Gasteiger partial charge >= 0.3 is 0 Å². The van der Waals surface area contributed by atoms with Gasteiger partial charge in [0.2, 0.25) is 4.96 Å². The topological polar surface area (TPSA) is 55.1 Å². The highest BCUT2D eigenvalue weighted by Crippen LogP contribution is 2.32. The second-order valence-corrected chi connectivity index (χ2v) is 6.33. The maximum absolute atomic E-state index is 4.70. The third-order valence-electron chi connectivity index (χ3n) is 3.84. The van der Waals surface area contributed by atoms with Gasteiger partial charge in [0.25, 0.3) is 0 Å². The van der Waals surface area contributed by atoms with Gasteiger partial charge in [0.05, 0.1) is 0 Å². The molecule has 0 amide bonds. The standard InChI is InChI=1S/C13H21N5S/c1-14-9-5-8-11-17-18-12(15-16-13(18)19-11)10-6-3-2-4-7-10/h10,14H,2-9H2,1H3. The summed E-state index contributed by atoms with van der Waals surface area (Å²) in [4.78, 5) is 0.958. The van der Waals surface area contributed by atoms with Crippen LogP contribution in [-0.2, 0) is 6.42 Å². The number of nitrogens with zero attached hydrogens (tertiary/aromatic N) is 4. The normalized spacial score (nSPS) is 17.3. The Morgan fingerprint density at radius 2 is 2.11 bits per heavy atom. The van der Waals surface area contributed by atoms with Gasteiger partial charge in [0.15, 0.2) is 5.82 Å². The number of nitrogens with one attached hydrogen (secondary N) is 1. The molecule has 1 N–H and O–H groups in total. The van der Waals surface area contributed by atoms with Gasteiger partial charge in [-0.3, -0.25) is 0 Å². The van der Waals surface area contributed by atoms with E-state index in [0.717, 1.165) is 30.2 Å². The molecule has 0 aliphatic heterocycles. The zero-order valence-electron chi connectivity index (χ0n) is 11.4. The van der Waals surface area contributed by atoms with Gasteiger partial charge in [-0.1, -0.05) is 30.6 Å². The molecule has 2 heterocycles. The van der Waals surface area contributed by atoms with Crippen LogP contribution in [0.15, 0.2) is 0 Å². The molecule has 0 spiro atoms. The number of rotatable bonds is 5. The van der Waals surface area contributed by atoms with Crippen molar-refractivity contribution in [3.8, 4) is 0 Å². The first-order valence-corrected chi connectivity index (χ1v) is 8.06. The number of aryl methyl sites for hydroxylation is 1. The SMILES string of the molecule is CNCCCc1nn2c(C3CCCCC3)nnc2s1. The fourth-order valence-electron chi connectivity index (χ4n) is 2.80. The molecule has 2 aromatic rings. The van der Waals surface area contributed by atoms with E-state index in [1.807, 2.05) is 11.6 Å². The van der Waals surface area contributed by atoms with Crippen molar-refractivity contribution >= 4 is 16.3 Å². The summed E-state index contributed by atoms with van der Waals surface area (Å²) in [6.07, 6.45) is 8.64. The van der Waals surface area contributed by atoms with Crippen LogP contribution in [-0.4, -0.2) is 33.4 Å². The summed E-state index contributed by atoms with van der Waals surface area (Å²) in [6, 6.07) is 0. The van der Waals surface area contributed by atoms with E-state index < -0.39 is 0 Å². The number of hydrogen-bond acceptors (Lipinski definition) is 5. The van der Waals surface area contributed by atoms with Gasteiger partial charge in [0.1, 0.15) is 5.01 Å². The van der Waals surface area contributed by atoms with Crippen LogP contribution >= 0.6 is 11.3 Å². The molecule has 0 radical (unpaired) electrons. The molecular formula is C13H21N5S. The highest BCUT2D eigenvalue weighted by molar-refractivity contribution is 7.16. The summed E-state index contributed by atoms with van der Waals surface area (Å²) in [7, 11) is 1.99. The third-order valence-corrected chi connectivity index (χ3v) is 4.80. The maximum Gasteiger partial charge on any atom is 0.234 e. The van der Waals surface area contributed by atoms with Crippen LogP contribution in [0.5, 0.6) is 0 Å². The van der Waals surface area contributed by atoms with E-state index in [1.54, 1.807) is 11.3 Å². The summed E-state index contributed by atoms with van der Waals surface area (Å²) in [5, 5.41) is 17.7. The summed E-state index contributed by atoms with van der Waals surface area (Å²) < 4.78 is 2.00. The second-order valence-electron chi connectivity index (χ2n) is 5.29. The van der Waals surface area contributed by atoms with Gasteiger partial charge in [-0.2, -0.15) is 9.61 Å². The highest BCUT2D eigenvalue weighted by Gasteiger charge is 2.22. The molecule has 0 bridgehead atoms. The quantitative estimate of drug-likeness (QED) is 0.854. The first-order valence-electron chi connectivity index (χ1n) is 7.24. The minimum absolute atomic E-state index is 0.566. The van der Waals surface area contributed by atoms with E-state index in [2.05, 4.69) is 15.5 Å². The molecule has 3 rings (SSSR count). The summed E-state index contributed by atoms with van der Waals surface area (Å²) in [5.41, 5.74) is 0. The van der Waals surface area contributed by atoms with E-state index in [0.29, 0.717) is 5.92 Å². The smallest absolute Gasteiger partial charge is 0.234 e. The first-order chi connectivity index (χ1) is 9.38. The van der Waals surface area contributed by atoms with Crippen LogP contribution in [0.3, 0.4) is 0 Å². The average molecular weight is 279 g/mol. The lowest BCUT2D eigenvalue weighted by Crippen LogP contribution is -2.10. The number of hydrogen-bond donors (Lipinski definition) is 1. The van der Waals surface area contributed by atoms with Crippen molar-refractivity contribution in [1.29, 1.82) is 0 Å². The minimum atomic E-state index is 0.566. The van der Waals surface area contributed by atoms with Gasteiger partial charge in [-0.15, -0.1) is 10.2 Å². The van der Waals surface area contributed by atoms with Gasteiger partial charge < -0.3 is 5.32 Å². The lowest BCUT2D eigenvalue weighted by atomic mass is 9.89. The average Bonchev–Trinajstić information content (AvgIpc) is 3.00. The molecular weight excluding hydrogens is 258 g/mol. The Kier molecular flexibility index (Phi) is 4.08. The molecule has 1 aliphatic rings. The molecule has 104 valence electrons. The first kappa shape index (κ1) is 13.0. The Bertz CT molecular complexity index is 526. The van der Waals surface area contributed by atoms with Crippen molar-refractivity contribution in [2.24, 2.45) is 0 Å². The summed E-state index contributed by atoms with van der Waals surface area (Å²) in [6.45, 7) is 1.04. The summed E-state index contributed by atoms with van der Waals surface area (Å²) in [5.74, 6) is 1.65. The Labute approximate surface area is 117 Å². The molecule has 2 aromatic heterocycles. The second kappa shape index (κ2) is 5.96. The monoisotopic (exact) mass is 279 g/mol. The van der Waals surface area contributed by atoms with Gasteiger partial charge in [-0.25, -0.2) is 0 Å². The molecule has 0 saturated heterocycles. The molecule has 6 heteroatoms. The number of fused-ring (bicyclic) bond motifs is 1. The zero-order chi connectivity index (χ0) is 13.1. The fraction of sp³-hybridized carbons (Fsp3) is 0.769. The highest BCUT2D eigenvalue weighted by atomic mass is 32.1. The van der Waals surface area contributed by atoms with Crippen molar-refractivity contribution in [2.45, 2.75) is 50.9 Å². The van der Waals surface area contributed by atoms with Crippen LogP contribution < -0.4 is 5.32 Å². The third kappa shape index (κ3) is 2.79. The molecule has 1 saturated carbocycles. The number of aromatic nitrogens is 4. The Balaban J connectivity index is 1.77. The van der Waals surface area contributed by atoms with Gasteiger partial charge in [-0.05, 0) is 32.9 Å². The van der Waals surface area contributed by atoms with E-state index in [-0.39, 0.29) is 0 Å². The predicted molar refractivity (Wildman–Crippen MR) is 76.7 cm³/mol. The molecule has 0 atom stereocenters. The van der Waals surface area contributed by atoms with Crippen LogP contribution in [0, 0.1) is 0 Å². The lowest BCUT2D eigenvalue weighted by Gasteiger charge is -2.18. The zero-order valence-corrected chi connectivity index (χ0v) is 12.2. The van der Waals surface area contributed by atoms with E-state index in [1.165, 1.54) is 37.1 Å². The van der Waals surface area contributed by atoms with Crippen molar-refractivity contribution in [1.82, 2.24) is 25.1 Å². The Morgan fingerprint density at radius 1 is 1.26 bits per heavy atom. The maximum atomic E-state index is 4.70. The van der Waals surface area contributed by atoms with Crippen LogP contribution in [0.2, 0.25) is 0 Å². The van der Waals surface area contributed by atoms with Crippen LogP contribution in [0.1, 0.15) is 55.3 Å². The molecule has 1 fully saturated rings. The van der Waals surface area contributed by atoms with E-state index in [9.17, 15) is 0 Å². The summed E-state index contributed by atoms with van der Waals surface area (Å²) >= 11 is 1.68. The van der Waals surface area contributed by atoms with Crippen LogP contribution in [0.4, 0.5) is 0 Å². The van der Waals surface area contributed by atoms with Crippen molar-refractivity contribution in [3.05, 3.63) is 10.8 Å². The molecule has 0 aromatic carbocycles. The Morgan fingerprint density at radius 3 is 2.89 bits per heavy atom.